The smallest absolute Gasteiger partial charge is 0.305 e. The highest BCUT2D eigenvalue weighted by Gasteiger charge is 2.20. The normalized spacial score (nSPS) is 12.1. The molecule has 0 spiro atoms. The molecule has 1 aromatic heterocycles. The number of amides is 1. The third-order valence-electron chi connectivity index (χ3n) is 1.61. The number of rotatable bonds is 5. The average molecular weight is 262 g/mol. The molecule has 1 rings (SSSR count). The molecule has 1 amide bonds. The van der Waals surface area contributed by atoms with Crippen LogP contribution in [0.25, 0.3) is 0 Å². The van der Waals surface area contributed by atoms with Crippen LogP contribution in [0.15, 0.2) is 21.2 Å². The Morgan fingerprint density at radius 3 is 2.93 bits per heavy atom. The average Bonchev–Trinajstić information content (AvgIpc) is 2.50. The predicted molar refractivity (Wildman–Crippen MR) is 50.6 cm³/mol. The second kappa shape index (κ2) is 4.80. The maximum atomic E-state index is 10.5. The predicted octanol–water partition coefficient (Wildman–Crippen LogP) is 1.30. The molecule has 0 aliphatic rings. The molecule has 1 heterocycles. The van der Waals surface area contributed by atoms with Gasteiger partial charge in [0, 0.05) is 0 Å². The van der Waals surface area contributed by atoms with Gasteiger partial charge >= 0.3 is 5.97 Å². The van der Waals surface area contributed by atoms with Crippen molar-refractivity contribution in [3.05, 3.63) is 22.6 Å². The minimum atomic E-state index is -1.01. The van der Waals surface area contributed by atoms with E-state index in [-0.39, 0.29) is 6.42 Å². The van der Waals surface area contributed by atoms with Crippen LogP contribution in [-0.4, -0.2) is 17.5 Å². The summed E-state index contributed by atoms with van der Waals surface area (Å²) in [6.45, 7) is 0. The van der Waals surface area contributed by atoms with Crippen LogP contribution in [0, 0.1) is 0 Å². The van der Waals surface area contributed by atoms with Crippen molar-refractivity contribution in [3.63, 3.8) is 0 Å². The Morgan fingerprint density at radius 1 is 1.79 bits per heavy atom. The zero-order chi connectivity index (χ0) is 10.6. The number of nitrogens with one attached hydrogen (secondary N) is 1. The fourth-order valence-corrected chi connectivity index (χ4v) is 1.52. The van der Waals surface area contributed by atoms with Gasteiger partial charge in [0.1, 0.15) is 5.76 Å². The molecule has 1 aromatic rings. The molecule has 0 radical (unpaired) electrons. The molecule has 0 unspecified atom stereocenters. The van der Waals surface area contributed by atoms with Crippen LogP contribution in [0.3, 0.4) is 0 Å². The van der Waals surface area contributed by atoms with Gasteiger partial charge in [-0.15, -0.1) is 0 Å². The highest BCUT2D eigenvalue weighted by Crippen LogP contribution is 2.26. The van der Waals surface area contributed by atoms with Crippen molar-refractivity contribution in [2.24, 2.45) is 0 Å². The van der Waals surface area contributed by atoms with Gasteiger partial charge in [-0.05, 0) is 22.0 Å². The number of hydrogen-bond donors (Lipinski definition) is 2. The minimum Gasteiger partial charge on any atom is -0.481 e. The number of carbonyl (C=O) groups excluding carboxylic acids is 1. The maximum absolute atomic E-state index is 10.5. The number of carboxylic acid groups (broad SMARTS) is 1. The van der Waals surface area contributed by atoms with E-state index in [0.29, 0.717) is 16.6 Å². The molecule has 0 aromatic carbocycles. The first-order valence-electron chi connectivity index (χ1n) is 3.79. The molecular weight excluding hydrogens is 254 g/mol. The van der Waals surface area contributed by atoms with Gasteiger partial charge in [-0.2, -0.15) is 0 Å². The topological polar surface area (TPSA) is 79.5 Å². The molecule has 0 saturated heterocycles. The van der Waals surface area contributed by atoms with Gasteiger partial charge in [-0.1, -0.05) is 0 Å². The van der Waals surface area contributed by atoms with E-state index in [9.17, 15) is 9.59 Å². The van der Waals surface area contributed by atoms with E-state index in [1.165, 1.54) is 6.26 Å². The van der Waals surface area contributed by atoms with E-state index in [4.69, 9.17) is 9.52 Å². The number of furan rings is 1. The first-order valence-corrected chi connectivity index (χ1v) is 4.59. The van der Waals surface area contributed by atoms with Crippen LogP contribution in [0.1, 0.15) is 18.2 Å². The lowest BCUT2D eigenvalue weighted by Gasteiger charge is -2.10. The Labute approximate surface area is 88.2 Å². The molecule has 0 bridgehead atoms. The monoisotopic (exact) mass is 261 g/mol. The second-order valence-corrected chi connectivity index (χ2v) is 3.42. The highest BCUT2D eigenvalue weighted by atomic mass is 79.9. The molecule has 5 nitrogen and oxygen atoms in total. The summed E-state index contributed by atoms with van der Waals surface area (Å²) in [5.74, 6) is -0.604. The van der Waals surface area contributed by atoms with Crippen molar-refractivity contribution in [1.82, 2.24) is 5.32 Å². The van der Waals surface area contributed by atoms with Crippen LogP contribution in [-0.2, 0) is 9.59 Å². The van der Waals surface area contributed by atoms with Gasteiger partial charge in [0.2, 0.25) is 6.41 Å². The number of aliphatic carboxylic acids is 1. The van der Waals surface area contributed by atoms with E-state index in [1.807, 2.05) is 0 Å². The Kier molecular flexibility index (Phi) is 3.70. The summed E-state index contributed by atoms with van der Waals surface area (Å²) in [6.07, 6.45) is 1.65. The van der Waals surface area contributed by atoms with E-state index in [2.05, 4.69) is 21.2 Å². The SMILES string of the molecule is O=CN[C@@H](CC(=O)O)c1occc1Br. The molecule has 14 heavy (non-hydrogen) atoms. The first kappa shape index (κ1) is 10.8. The third-order valence-corrected chi connectivity index (χ3v) is 2.26. The van der Waals surface area contributed by atoms with Gasteiger partial charge in [-0.3, -0.25) is 9.59 Å². The van der Waals surface area contributed by atoms with Gasteiger partial charge in [0.05, 0.1) is 23.2 Å². The van der Waals surface area contributed by atoms with Crippen LogP contribution in [0.2, 0.25) is 0 Å². The largest absolute Gasteiger partial charge is 0.481 e. The van der Waals surface area contributed by atoms with Crippen molar-refractivity contribution < 1.29 is 19.1 Å². The Hall–Kier alpha value is -1.30. The lowest BCUT2D eigenvalue weighted by atomic mass is 10.1. The molecule has 1 atom stereocenters. The summed E-state index contributed by atoms with van der Waals surface area (Å²) in [7, 11) is 0. The zero-order valence-electron chi connectivity index (χ0n) is 7.07. The summed E-state index contributed by atoms with van der Waals surface area (Å²) in [5.41, 5.74) is 0. The number of halogens is 1. The van der Waals surface area contributed by atoms with Gasteiger partial charge < -0.3 is 14.8 Å². The number of carbonyl (C=O) groups is 2. The van der Waals surface area contributed by atoms with E-state index in [1.54, 1.807) is 6.07 Å². The van der Waals surface area contributed by atoms with Crippen LogP contribution < -0.4 is 5.32 Å². The molecule has 6 heteroatoms. The fraction of sp³-hybridized carbons (Fsp3) is 0.250. The van der Waals surface area contributed by atoms with Crippen molar-refractivity contribution in [3.8, 4) is 0 Å². The molecule has 0 aliphatic heterocycles. The molecule has 0 fully saturated rings. The maximum Gasteiger partial charge on any atom is 0.305 e. The molecule has 2 N–H and O–H groups in total. The minimum absolute atomic E-state index is 0.217. The lowest BCUT2D eigenvalue weighted by Crippen LogP contribution is -2.22. The van der Waals surface area contributed by atoms with Gasteiger partial charge in [0.25, 0.3) is 0 Å². The van der Waals surface area contributed by atoms with E-state index < -0.39 is 12.0 Å². The Bertz CT molecular complexity index is 336. The van der Waals surface area contributed by atoms with Crippen molar-refractivity contribution in [2.45, 2.75) is 12.5 Å². The highest BCUT2D eigenvalue weighted by molar-refractivity contribution is 9.10. The fourth-order valence-electron chi connectivity index (χ4n) is 1.04. The van der Waals surface area contributed by atoms with Crippen LogP contribution in [0.5, 0.6) is 0 Å². The van der Waals surface area contributed by atoms with Crippen LogP contribution in [0.4, 0.5) is 0 Å². The number of hydrogen-bond acceptors (Lipinski definition) is 3. The zero-order valence-corrected chi connectivity index (χ0v) is 8.65. The third kappa shape index (κ3) is 2.59. The second-order valence-electron chi connectivity index (χ2n) is 2.57. The Balaban J connectivity index is 2.82. The molecule has 0 saturated carbocycles. The summed E-state index contributed by atoms with van der Waals surface area (Å²) in [5, 5.41) is 11.0. The van der Waals surface area contributed by atoms with E-state index >= 15 is 0 Å². The van der Waals surface area contributed by atoms with Crippen molar-refractivity contribution in [1.29, 1.82) is 0 Å². The quantitative estimate of drug-likeness (QED) is 0.784. The van der Waals surface area contributed by atoms with Crippen molar-refractivity contribution in [2.75, 3.05) is 0 Å². The molecule has 76 valence electrons. The summed E-state index contributed by atoms with van der Waals surface area (Å²) in [4.78, 5) is 20.7. The first-order chi connectivity index (χ1) is 6.65. The lowest BCUT2D eigenvalue weighted by molar-refractivity contribution is -0.137. The van der Waals surface area contributed by atoms with Gasteiger partial charge in [0.15, 0.2) is 0 Å². The summed E-state index contributed by atoms with van der Waals surface area (Å²) in [6, 6.07) is 0.991. The van der Waals surface area contributed by atoms with Crippen molar-refractivity contribution >= 4 is 28.3 Å². The number of carboxylic acids is 1. The summed E-state index contributed by atoms with van der Waals surface area (Å²) < 4.78 is 5.69. The summed E-state index contributed by atoms with van der Waals surface area (Å²) >= 11 is 3.18. The molecular formula is C8H8BrNO4. The molecule has 0 aliphatic carbocycles. The van der Waals surface area contributed by atoms with E-state index in [0.717, 1.165) is 0 Å². The van der Waals surface area contributed by atoms with Crippen LogP contribution >= 0.6 is 15.9 Å². The van der Waals surface area contributed by atoms with Gasteiger partial charge in [-0.25, -0.2) is 0 Å². The standard InChI is InChI=1S/C8H8BrNO4/c9-5-1-2-14-8(5)6(10-4-11)3-7(12)13/h1-2,4,6H,3H2,(H,10,11)(H,12,13)/t6-/m0/s1. The Morgan fingerprint density at radius 2 is 2.50 bits per heavy atom.